The van der Waals surface area contributed by atoms with E-state index in [9.17, 15) is 13.2 Å². The molecule has 1 aliphatic heterocycles. The number of carbonyl (C=O) groups is 1. The van der Waals surface area contributed by atoms with Crippen LogP contribution in [0.2, 0.25) is 0 Å². The number of nitrogens with one attached hydrogen (secondary N) is 1. The summed E-state index contributed by atoms with van der Waals surface area (Å²) in [6.45, 7) is 0.511. The van der Waals surface area contributed by atoms with Crippen LogP contribution < -0.4 is 4.72 Å². The van der Waals surface area contributed by atoms with Crippen molar-refractivity contribution in [3.63, 3.8) is 0 Å². The van der Waals surface area contributed by atoms with Gasteiger partial charge >= 0.3 is 5.97 Å². The number of hydrogen-bond acceptors (Lipinski definition) is 5. The Morgan fingerprint density at radius 2 is 2.00 bits per heavy atom. The topological polar surface area (TPSA) is 116 Å². The third kappa shape index (κ3) is 3.68. The van der Waals surface area contributed by atoms with Gasteiger partial charge in [-0.25, -0.2) is 4.79 Å². The summed E-state index contributed by atoms with van der Waals surface area (Å²) in [7, 11) is -3.73. The first-order valence-corrected chi connectivity index (χ1v) is 6.11. The van der Waals surface area contributed by atoms with E-state index in [0.717, 1.165) is 4.31 Å². The first kappa shape index (κ1) is 13.3. The van der Waals surface area contributed by atoms with Crippen molar-refractivity contribution in [2.45, 2.75) is 6.10 Å². The van der Waals surface area contributed by atoms with Gasteiger partial charge in [-0.05, 0) is 0 Å². The second-order valence-corrected chi connectivity index (χ2v) is 4.97. The predicted octanol–water partition coefficient (Wildman–Crippen LogP) is -2.40. The van der Waals surface area contributed by atoms with Crippen molar-refractivity contribution in [2.24, 2.45) is 0 Å². The highest BCUT2D eigenvalue weighted by Crippen LogP contribution is 2.02. The van der Waals surface area contributed by atoms with Gasteiger partial charge in [0.25, 0.3) is 10.2 Å². The molecule has 1 atom stereocenters. The van der Waals surface area contributed by atoms with Gasteiger partial charge < -0.3 is 14.9 Å². The quantitative estimate of drug-likeness (QED) is 0.503. The molecule has 94 valence electrons. The number of ether oxygens (including phenoxy) is 1. The number of morpholine rings is 1. The van der Waals surface area contributed by atoms with Crippen LogP contribution in [0.5, 0.6) is 0 Å². The Morgan fingerprint density at radius 3 is 2.50 bits per heavy atom. The van der Waals surface area contributed by atoms with E-state index in [1.807, 2.05) is 4.72 Å². The van der Waals surface area contributed by atoms with E-state index in [1.165, 1.54) is 0 Å². The maximum Gasteiger partial charge on any atom is 0.333 e. The Morgan fingerprint density at radius 1 is 1.44 bits per heavy atom. The first-order chi connectivity index (χ1) is 7.43. The zero-order chi connectivity index (χ0) is 12.2. The summed E-state index contributed by atoms with van der Waals surface area (Å²) >= 11 is 0. The summed E-state index contributed by atoms with van der Waals surface area (Å²) in [4.78, 5) is 10.3. The van der Waals surface area contributed by atoms with Gasteiger partial charge in [-0.2, -0.15) is 17.4 Å². The van der Waals surface area contributed by atoms with Gasteiger partial charge in [0.1, 0.15) is 0 Å². The molecule has 1 heterocycles. The van der Waals surface area contributed by atoms with E-state index in [1.54, 1.807) is 0 Å². The summed E-state index contributed by atoms with van der Waals surface area (Å²) < 4.78 is 31.3. The van der Waals surface area contributed by atoms with E-state index in [4.69, 9.17) is 14.9 Å². The molecule has 0 aliphatic carbocycles. The predicted molar refractivity (Wildman–Crippen MR) is 53.0 cm³/mol. The minimum absolute atomic E-state index is 0.221. The van der Waals surface area contributed by atoms with Crippen LogP contribution in [-0.4, -0.2) is 67.9 Å². The smallest absolute Gasteiger partial charge is 0.333 e. The summed E-state index contributed by atoms with van der Waals surface area (Å²) in [6.07, 6.45) is -1.74. The SMILES string of the molecule is O=C(O)[C@@H](O)CNS(=O)(=O)N1CCOCC1. The fourth-order valence-corrected chi connectivity index (χ4v) is 2.33. The van der Waals surface area contributed by atoms with Crippen LogP contribution in [-0.2, 0) is 19.7 Å². The third-order valence-electron chi connectivity index (χ3n) is 2.05. The lowest BCUT2D eigenvalue weighted by atomic mass is 10.4. The fourth-order valence-electron chi connectivity index (χ4n) is 1.15. The molecule has 1 aliphatic rings. The van der Waals surface area contributed by atoms with Crippen molar-refractivity contribution in [2.75, 3.05) is 32.8 Å². The highest BCUT2D eigenvalue weighted by atomic mass is 32.2. The number of carboxylic acids is 1. The molecule has 0 amide bonds. The molecule has 1 saturated heterocycles. The molecule has 0 saturated carbocycles. The zero-order valence-corrected chi connectivity index (χ0v) is 9.31. The molecule has 0 spiro atoms. The van der Waals surface area contributed by atoms with E-state index in [2.05, 4.69) is 0 Å². The molecule has 3 N–H and O–H groups in total. The number of aliphatic carboxylic acids is 1. The second kappa shape index (κ2) is 5.55. The van der Waals surface area contributed by atoms with Gasteiger partial charge in [-0.1, -0.05) is 0 Å². The molecule has 9 heteroatoms. The molecule has 16 heavy (non-hydrogen) atoms. The molecule has 1 fully saturated rings. The molecule has 0 bridgehead atoms. The number of carboxylic acid groups (broad SMARTS) is 1. The fraction of sp³-hybridized carbons (Fsp3) is 0.857. The molecule has 0 aromatic heterocycles. The molecular formula is C7H14N2O6S. The van der Waals surface area contributed by atoms with Crippen LogP contribution in [0.3, 0.4) is 0 Å². The highest BCUT2D eigenvalue weighted by Gasteiger charge is 2.25. The lowest BCUT2D eigenvalue weighted by Crippen LogP contribution is -2.49. The first-order valence-electron chi connectivity index (χ1n) is 4.67. The van der Waals surface area contributed by atoms with E-state index >= 15 is 0 Å². The lowest BCUT2D eigenvalue weighted by molar-refractivity contribution is -0.146. The van der Waals surface area contributed by atoms with Gasteiger partial charge in [0.05, 0.1) is 13.2 Å². The second-order valence-electron chi connectivity index (χ2n) is 3.22. The standard InChI is InChI=1S/C7H14N2O6S/c10-6(7(11)12)5-8-16(13,14)9-1-3-15-4-2-9/h6,8,10H,1-5H2,(H,11,12)/t6-/m0/s1. The van der Waals surface area contributed by atoms with Gasteiger partial charge in [-0.15, -0.1) is 0 Å². The summed E-state index contributed by atoms with van der Waals surface area (Å²) in [5, 5.41) is 17.3. The zero-order valence-electron chi connectivity index (χ0n) is 8.50. The average molecular weight is 254 g/mol. The maximum atomic E-state index is 11.6. The summed E-state index contributed by atoms with van der Waals surface area (Å²) in [5.74, 6) is -1.47. The highest BCUT2D eigenvalue weighted by molar-refractivity contribution is 7.87. The molecule has 0 unspecified atom stereocenters. The Balaban J connectivity index is 2.47. The lowest BCUT2D eigenvalue weighted by Gasteiger charge is -2.26. The van der Waals surface area contributed by atoms with Crippen LogP contribution >= 0.6 is 0 Å². The Bertz CT molecular complexity index is 337. The Labute approximate surface area is 93.0 Å². The van der Waals surface area contributed by atoms with Crippen molar-refractivity contribution in [3.05, 3.63) is 0 Å². The van der Waals surface area contributed by atoms with Crippen LogP contribution in [0.1, 0.15) is 0 Å². The van der Waals surface area contributed by atoms with Gasteiger partial charge in [0.15, 0.2) is 6.10 Å². The monoisotopic (exact) mass is 254 g/mol. The number of aliphatic hydroxyl groups excluding tert-OH is 1. The van der Waals surface area contributed by atoms with Crippen LogP contribution in [0.4, 0.5) is 0 Å². The molecule has 0 radical (unpaired) electrons. The van der Waals surface area contributed by atoms with Crippen molar-refractivity contribution >= 4 is 16.2 Å². The number of aliphatic hydroxyl groups is 1. The minimum Gasteiger partial charge on any atom is -0.479 e. The van der Waals surface area contributed by atoms with E-state index in [-0.39, 0.29) is 13.1 Å². The Hall–Kier alpha value is -0.740. The molecule has 0 aromatic carbocycles. The summed E-state index contributed by atoms with van der Waals surface area (Å²) in [6, 6.07) is 0. The molecular weight excluding hydrogens is 240 g/mol. The molecule has 8 nitrogen and oxygen atoms in total. The number of rotatable bonds is 5. The average Bonchev–Trinajstić information content (AvgIpc) is 2.27. The third-order valence-corrected chi connectivity index (χ3v) is 3.63. The normalized spacial score (nSPS) is 20.6. The van der Waals surface area contributed by atoms with E-state index < -0.39 is 28.8 Å². The number of nitrogens with zero attached hydrogens (tertiary/aromatic N) is 1. The van der Waals surface area contributed by atoms with Crippen LogP contribution in [0.25, 0.3) is 0 Å². The Kier molecular flexibility index (Phi) is 4.62. The van der Waals surface area contributed by atoms with Crippen molar-refractivity contribution in [1.82, 2.24) is 9.03 Å². The van der Waals surface area contributed by atoms with Gasteiger partial charge in [-0.3, -0.25) is 0 Å². The maximum absolute atomic E-state index is 11.6. The summed E-state index contributed by atoms with van der Waals surface area (Å²) in [5.41, 5.74) is 0. The largest absolute Gasteiger partial charge is 0.479 e. The number of hydrogen-bond donors (Lipinski definition) is 3. The van der Waals surface area contributed by atoms with E-state index in [0.29, 0.717) is 13.2 Å². The van der Waals surface area contributed by atoms with Crippen molar-refractivity contribution in [1.29, 1.82) is 0 Å². The van der Waals surface area contributed by atoms with Crippen molar-refractivity contribution in [3.8, 4) is 0 Å². The minimum atomic E-state index is -3.73. The van der Waals surface area contributed by atoms with Gasteiger partial charge in [0.2, 0.25) is 0 Å². The van der Waals surface area contributed by atoms with Gasteiger partial charge in [0, 0.05) is 19.6 Å². The van der Waals surface area contributed by atoms with Crippen LogP contribution in [0.15, 0.2) is 0 Å². The molecule has 1 rings (SSSR count). The van der Waals surface area contributed by atoms with Crippen molar-refractivity contribution < 1.29 is 28.2 Å². The molecule has 0 aromatic rings. The van der Waals surface area contributed by atoms with Crippen LogP contribution in [0, 0.1) is 0 Å².